The van der Waals surface area contributed by atoms with Gasteiger partial charge in [0.25, 0.3) is 0 Å². The Morgan fingerprint density at radius 2 is 1.71 bits per heavy atom. The molecule has 3 rings (SSSR count). The zero-order chi connectivity index (χ0) is 22.4. The first-order valence-electron chi connectivity index (χ1n) is 10.0. The summed E-state index contributed by atoms with van der Waals surface area (Å²) >= 11 is 0. The number of rotatable bonds is 9. The van der Waals surface area contributed by atoms with E-state index in [1.807, 2.05) is 17.0 Å². The molecule has 3 N–H and O–H groups in total. The molecule has 31 heavy (non-hydrogen) atoms. The van der Waals surface area contributed by atoms with Crippen molar-refractivity contribution >= 4 is 5.91 Å². The van der Waals surface area contributed by atoms with Crippen LogP contribution in [0.5, 0.6) is 11.5 Å². The number of hydrogen-bond donors (Lipinski definition) is 2. The zero-order valence-corrected chi connectivity index (χ0v) is 17.3. The molecule has 1 aliphatic heterocycles. The Morgan fingerprint density at radius 3 is 2.29 bits per heavy atom. The molecule has 2 aromatic rings. The number of aliphatic hydroxyl groups excluding tert-OH is 1. The highest BCUT2D eigenvalue weighted by atomic mass is 19.1. The van der Waals surface area contributed by atoms with Crippen molar-refractivity contribution in [1.82, 2.24) is 9.80 Å². The number of piperazine rings is 1. The van der Waals surface area contributed by atoms with Gasteiger partial charge in [0, 0.05) is 38.8 Å². The fraction of sp³-hybridized carbons (Fsp3) is 0.409. The van der Waals surface area contributed by atoms with Crippen molar-refractivity contribution in [2.75, 3.05) is 46.4 Å². The normalized spacial score (nSPS) is 17.2. The van der Waals surface area contributed by atoms with E-state index in [-0.39, 0.29) is 12.2 Å². The van der Waals surface area contributed by atoms with Crippen LogP contribution in [0.25, 0.3) is 0 Å². The van der Waals surface area contributed by atoms with E-state index in [4.69, 9.17) is 15.2 Å². The molecule has 2 unspecified atom stereocenters. The highest BCUT2D eigenvalue weighted by Crippen LogP contribution is 2.26. The van der Waals surface area contributed by atoms with Gasteiger partial charge in [-0.05, 0) is 29.8 Å². The van der Waals surface area contributed by atoms with Crippen LogP contribution in [0.3, 0.4) is 0 Å². The molecule has 0 aromatic heterocycles. The van der Waals surface area contributed by atoms with Gasteiger partial charge in [-0.15, -0.1) is 0 Å². The van der Waals surface area contributed by atoms with E-state index in [0.29, 0.717) is 44.2 Å². The van der Waals surface area contributed by atoms with Gasteiger partial charge in [0.05, 0.1) is 7.11 Å². The number of carbonyl (C=O) groups is 1. The second kappa shape index (κ2) is 10.5. The van der Waals surface area contributed by atoms with Crippen LogP contribution in [0.15, 0.2) is 42.5 Å². The molecule has 0 bridgehead atoms. The van der Waals surface area contributed by atoms with Gasteiger partial charge < -0.3 is 20.3 Å². The summed E-state index contributed by atoms with van der Waals surface area (Å²) in [4.78, 5) is 15.8. The Bertz CT molecular complexity index is 871. The fourth-order valence-electron chi connectivity index (χ4n) is 3.77. The Balaban J connectivity index is 1.52. The van der Waals surface area contributed by atoms with Crippen LogP contribution in [0, 0.1) is 11.6 Å². The number of benzene rings is 2. The number of carbonyl (C=O) groups excluding carboxylic acids is 1. The number of β-amino-alcohol motifs (C(OH)–C–C–N with tert-alkyl or cyclic N) is 1. The van der Waals surface area contributed by atoms with Crippen molar-refractivity contribution in [3.63, 3.8) is 0 Å². The van der Waals surface area contributed by atoms with Gasteiger partial charge in [0.1, 0.15) is 30.4 Å². The van der Waals surface area contributed by atoms with Crippen LogP contribution in [-0.2, 0) is 4.79 Å². The summed E-state index contributed by atoms with van der Waals surface area (Å²) in [5.41, 5.74) is 5.73. The van der Waals surface area contributed by atoms with Gasteiger partial charge in [-0.3, -0.25) is 14.6 Å². The third-order valence-corrected chi connectivity index (χ3v) is 5.21. The molecule has 1 heterocycles. The van der Waals surface area contributed by atoms with E-state index < -0.39 is 29.7 Å². The predicted octanol–water partition coefficient (Wildman–Crippen LogP) is 1.56. The fourth-order valence-corrected chi connectivity index (χ4v) is 3.77. The second-order valence-corrected chi connectivity index (χ2v) is 7.46. The smallest absolute Gasteiger partial charge is 0.239 e. The number of halogens is 2. The Morgan fingerprint density at radius 1 is 1.10 bits per heavy atom. The summed E-state index contributed by atoms with van der Waals surface area (Å²) in [6.45, 7) is 2.55. The van der Waals surface area contributed by atoms with Crippen LogP contribution in [0.2, 0.25) is 0 Å². The van der Waals surface area contributed by atoms with E-state index in [1.54, 1.807) is 24.1 Å². The lowest BCUT2D eigenvalue weighted by Gasteiger charge is -2.38. The first-order valence-corrected chi connectivity index (χ1v) is 10.0. The van der Waals surface area contributed by atoms with E-state index >= 15 is 0 Å². The third kappa shape index (κ3) is 6.13. The van der Waals surface area contributed by atoms with Gasteiger partial charge in [0.2, 0.25) is 5.91 Å². The topological polar surface area (TPSA) is 88.3 Å². The number of primary amides is 1. The van der Waals surface area contributed by atoms with Gasteiger partial charge in [-0.1, -0.05) is 12.1 Å². The minimum Gasteiger partial charge on any atom is -0.493 e. The number of methoxy groups -OCH3 is 1. The predicted molar refractivity (Wildman–Crippen MR) is 111 cm³/mol. The number of nitrogens with two attached hydrogens (primary N) is 1. The zero-order valence-electron chi connectivity index (χ0n) is 17.3. The number of aliphatic hydroxyl groups is 1. The lowest BCUT2D eigenvalue weighted by molar-refractivity contribution is -0.124. The van der Waals surface area contributed by atoms with Crippen LogP contribution in [0.1, 0.15) is 11.6 Å². The van der Waals surface area contributed by atoms with E-state index in [9.17, 15) is 18.7 Å². The maximum Gasteiger partial charge on any atom is 0.239 e. The summed E-state index contributed by atoms with van der Waals surface area (Å²) in [6, 6.07) is 9.31. The summed E-state index contributed by atoms with van der Waals surface area (Å²) in [5, 5.41) is 10.4. The van der Waals surface area contributed by atoms with Gasteiger partial charge >= 0.3 is 0 Å². The molecule has 1 fully saturated rings. The Kier molecular flexibility index (Phi) is 7.78. The minimum atomic E-state index is -0.911. The van der Waals surface area contributed by atoms with Gasteiger partial charge in [-0.2, -0.15) is 0 Å². The first-order chi connectivity index (χ1) is 14.9. The molecule has 1 aliphatic rings. The molecular formula is C22H27F2N3O4. The monoisotopic (exact) mass is 435 g/mol. The standard InChI is InChI=1S/C22H27F2N3O4/c1-30-19-4-2-3-5-20(19)31-14-18(28)13-26-6-8-27(9-7-26)21(22(25)29)15-10-16(23)12-17(24)11-15/h2-5,10-12,18,21,28H,6-9,13-14H2,1H3,(H2,25,29). The summed E-state index contributed by atoms with van der Waals surface area (Å²) < 4.78 is 38.1. The second-order valence-electron chi connectivity index (χ2n) is 7.46. The lowest BCUT2D eigenvalue weighted by Crippen LogP contribution is -2.52. The number of para-hydroxylation sites is 2. The molecule has 0 aliphatic carbocycles. The number of ether oxygens (including phenoxy) is 2. The molecule has 1 saturated heterocycles. The van der Waals surface area contributed by atoms with Crippen molar-refractivity contribution in [3.8, 4) is 11.5 Å². The third-order valence-electron chi connectivity index (χ3n) is 5.21. The maximum atomic E-state index is 13.6. The molecule has 9 heteroatoms. The summed E-state index contributed by atoms with van der Waals surface area (Å²) in [7, 11) is 1.55. The van der Waals surface area contributed by atoms with Crippen molar-refractivity contribution < 1.29 is 28.2 Å². The maximum absolute atomic E-state index is 13.6. The van der Waals surface area contributed by atoms with Crippen LogP contribution in [-0.4, -0.2) is 73.4 Å². The summed E-state index contributed by atoms with van der Waals surface area (Å²) in [6.07, 6.45) is -0.722. The van der Waals surface area contributed by atoms with Crippen LogP contribution in [0.4, 0.5) is 8.78 Å². The van der Waals surface area contributed by atoms with Crippen LogP contribution >= 0.6 is 0 Å². The molecule has 7 nitrogen and oxygen atoms in total. The Labute approximate surface area is 180 Å². The number of amides is 1. The largest absolute Gasteiger partial charge is 0.493 e. The van der Waals surface area contributed by atoms with Gasteiger partial charge in [-0.25, -0.2) is 8.78 Å². The minimum absolute atomic E-state index is 0.104. The highest BCUT2D eigenvalue weighted by molar-refractivity contribution is 5.81. The molecule has 168 valence electrons. The van der Waals surface area contributed by atoms with E-state index in [2.05, 4.69) is 0 Å². The SMILES string of the molecule is COc1ccccc1OCC(O)CN1CCN(C(C(N)=O)c2cc(F)cc(F)c2)CC1. The molecule has 0 radical (unpaired) electrons. The average molecular weight is 435 g/mol. The molecule has 0 spiro atoms. The lowest BCUT2D eigenvalue weighted by atomic mass is 10.0. The average Bonchev–Trinajstić information content (AvgIpc) is 2.73. The van der Waals surface area contributed by atoms with E-state index in [0.717, 1.165) is 18.2 Å². The molecule has 2 aromatic carbocycles. The molecule has 1 amide bonds. The highest BCUT2D eigenvalue weighted by Gasteiger charge is 2.30. The van der Waals surface area contributed by atoms with Crippen LogP contribution < -0.4 is 15.2 Å². The number of nitrogens with zero attached hydrogens (tertiary/aromatic N) is 2. The quantitative estimate of drug-likeness (QED) is 0.622. The van der Waals surface area contributed by atoms with Crippen molar-refractivity contribution in [1.29, 1.82) is 0 Å². The molecule has 2 atom stereocenters. The van der Waals surface area contributed by atoms with Crippen molar-refractivity contribution in [2.24, 2.45) is 5.73 Å². The number of hydrogen-bond acceptors (Lipinski definition) is 6. The van der Waals surface area contributed by atoms with Crippen molar-refractivity contribution in [2.45, 2.75) is 12.1 Å². The van der Waals surface area contributed by atoms with E-state index in [1.165, 1.54) is 0 Å². The molecular weight excluding hydrogens is 408 g/mol. The first kappa shape index (κ1) is 22.9. The van der Waals surface area contributed by atoms with Gasteiger partial charge in [0.15, 0.2) is 11.5 Å². The Hall–Kier alpha value is -2.75. The molecule has 0 saturated carbocycles. The summed E-state index contributed by atoms with van der Waals surface area (Å²) in [5.74, 6) is -1.02. The van der Waals surface area contributed by atoms with Crippen molar-refractivity contribution in [3.05, 3.63) is 59.7 Å².